The van der Waals surface area contributed by atoms with Gasteiger partial charge in [0.2, 0.25) is 0 Å². The highest BCUT2D eigenvalue weighted by Crippen LogP contribution is 2.36. The zero-order valence-corrected chi connectivity index (χ0v) is 13.8. The average molecular weight is 301 g/mol. The minimum atomic E-state index is 0.196. The Hall–Kier alpha value is -1.32. The number of aryl methyl sites for hydroxylation is 2. The molecule has 0 bridgehead atoms. The monoisotopic (exact) mass is 301 g/mol. The maximum Gasteiger partial charge on any atom is 0.123 e. The van der Waals surface area contributed by atoms with Crippen LogP contribution in [-0.4, -0.2) is 12.6 Å². The molecule has 3 heteroatoms. The maximum atomic E-state index is 6.23. The SMILES string of the molecule is CCCNC(c1cc(C)sc1C)C1Cc2ccccc2O1. The summed E-state index contributed by atoms with van der Waals surface area (Å²) in [5, 5.41) is 3.70. The molecule has 0 fully saturated rings. The fraction of sp³-hybridized carbons (Fsp3) is 0.444. The topological polar surface area (TPSA) is 21.3 Å². The molecule has 21 heavy (non-hydrogen) atoms. The number of hydrogen-bond donors (Lipinski definition) is 1. The number of benzene rings is 1. The molecular formula is C18H23NOS. The fourth-order valence-corrected chi connectivity index (χ4v) is 4.07. The number of thiophene rings is 1. The first-order valence-corrected chi connectivity index (χ1v) is 8.55. The van der Waals surface area contributed by atoms with E-state index in [2.05, 4.69) is 56.4 Å². The summed E-state index contributed by atoms with van der Waals surface area (Å²) in [6.07, 6.45) is 2.33. The van der Waals surface area contributed by atoms with E-state index >= 15 is 0 Å². The van der Waals surface area contributed by atoms with Crippen LogP contribution in [0.15, 0.2) is 30.3 Å². The molecule has 1 aliphatic rings. The van der Waals surface area contributed by atoms with E-state index in [1.54, 1.807) is 0 Å². The Balaban J connectivity index is 1.86. The molecule has 1 N–H and O–H groups in total. The molecule has 1 aliphatic heterocycles. The fourth-order valence-electron chi connectivity index (χ4n) is 3.10. The summed E-state index contributed by atoms with van der Waals surface area (Å²) in [6.45, 7) is 7.63. The Morgan fingerprint density at radius 3 is 2.81 bits per heavy atom. The quantitative estimate of drug-likeness (QED) is 0.883. The molecule has 2 atom stereocenters. The first kappa shape index (κ1) is 14.6. The van der Waals surface area contributed by atoms with Gasteiger partial charge in [-0.05, 0) is 50.1 Å². The lowest BCUT2D eigenvalue weighted by atomic mass is 9.98. The second-order valence-electron chi connectivity index (χ2n) is 5.77. The third kappa shape index (κ3) is 2.99. The van der Waals surface area contributed by atoms with Crippen LogP contribution in [-0.2, 0) is 6.42 Å². The summed E-state index contributed by atoms with van der Waals surface area (Å²) in [6, 6.07) is 11.0. The number of para-hydroxylation sites is 1. The van der Waals surface area contributed by atoms with Crippen LogP contribution in [0.2, 0.25) is 0 Å². The molecule has 2 heterocycles. The summed E-state index contributed by atoms with van der Waals surface area (Å²) in [5.74, 6) is 1.05. The summed E-state index contributed by atoms with van der Waals surface area (Å²) >= 11 is 1.88. The van der Waals surface area contributed by atoms with Gasteiger partial charge < -0.3 is 10.1 Å². The van der Waals surface area contributed by atoms with E-state index in [0.29, 0.717) is 0 Å². The van der Waals surface area contributed by atoms with Gasteiger partial charge in [-0.2, -0.15) is 0 Å². The lowest BCUT2D eigenvalue weighted by molar-refractivity contribution is 0.178. The second kappa shape index (κ2) is 6.20. The molecule has 0 aliphatic carbocycles. The van der Waals surface area contributed by atoms with E-state index in [1.165, 1.54) is 20.9 Å². The van der Waals surface area contributed by atoms with Crippen LogP contribution in [0, 0.1) is 13.8 Å². The van der Waals surface area contributed by atoms with Gasteiger partial charge in [-0.3, -0.25) is 0 Å². The van der Waals surface area contributed by atoms with Crippen molar-refractivity contribution in [2.24, 2.45) is 0 Å². The average Bonchev–Trinajstić information content (AvgIpc) is 3.03. The Bertz CT molecular complexity index is 594. The van der Waals surface area contributed by atoms with Crippen molar-refractivity contribution in [3.63, 3.8) is 0 Å². The molecule has 1 aromatic carbocycles. The van der Waals surface area contributed by atoms with E-state index in [0.717, 1.165) is 25.1 Å². The molecule has 0 spiro atoms. The van der Waals surface area contributed by atoms with Crippen molar-refractivity contribution in [1.29, 1.82) is 0 Å². The molecule has 0 radical (unpaired) electrons. The van der Waals surface area contributed by atoms with E-state index in [9.17, 15) is 0 Å². The molecule has 0 saturated carbocycles. The summed E-state index contributed by atoms with van der Waals surface area (Å²) in [4.78, 5) is 2.78. The van der Waals surface area contributed by atoms with Crippen molar-refractivity contribution in [2.75, 3.05) is 6.54 Å². The highest BCUT2D eigenvalue weighted by atomic mass is 32.1. The maximum absolute atomic E-state index is 6.23. The summed E-state index contributed by atoms with van der Waals surface area (Å²) in [5.41, 5.74) is 2.74. The van der Waals surface area contributed by atoms with Crippen molar-refractivity contribution in [3.05, 3.63) is 51.2 Å². The van der Waals surface area contributed by atoms with E-state index in [4.69, 9.17) is 4.74 Å². The highest BCUT2D eigenvalue weighted by molar-refractivity contribution is 7.12. The lowest BCUT2D eigenvalue weighted by Crippen LogP contribution is -2.35. The van der Waals surface area contributed by atoms with E-state index in [-0.39, 0.29) is 12.1 Å². The smallest absolute Gasteiger partial charge is 0.123 e. The third-order valence-corrected chi connectivity index (χ3v) is 5.05. The predicted molar refractivity (Wildman–Crippen MR) is 89.4 cm³/mol. The first-order valence-electron chi connectivity index (χ1n) is 7.74. The van der Waals surface area contributed by atoms with Crippen molar-refractivity contribution in [1.82, 2.24) is 5.32 Å². The van der Waals surface area contributed by atoms with Crippen LogP contribution in [0.3, 0.4) is 0 Å². The number of nitrogens with one attached hydrogen (secondary N) is 1. The standard InChI is InChI=1S/C18H23NOS/c1-4-9-19-18(15-10-12(2)21-13(15)3)17-11-14-7-5-6-8-16(14)20-17/h5-8,10,17-19H,4,9,11H2,1-3H3. The van der Waals surface area contributed by atoms with Gasteiger partial charge in [-0.25, -0.2) is 0 Å². The Labute approximate surface area is 131 Å². The van der Waals surface area contributed by atoms with Crippen LogP contribution in [0.5, 0.6) is 5.75 Å². The Morgan fingerprint density at radius 2 is 2.14 bits per heavy atom. The Morgan fingerprint density at radius 1 is 1.33 bits per heavy atom. The highest BCUT2D eigenvalue weighted by Gasteiger charge is 2.32. The predicted octanol–water partition coefficient (Wildman–Crippen LogP) is 4.41. The van der Waals surface area contributed by atoms with Crippen molar-refractivity contribution in [2.45, 2.75) is 45.8 Å². The molecule has 0 amide bonds. The van der Waals surface area contributed by atoms with Gasteiger partial charge in [-0.1, -0.05) is 25.1 Å². The molecule has 1 aromatic heterocycles. The van der Waals surface area contributed by atoms with Gasteiger partial charge in [0.25, 0.3) is 0 Å². The number of fused-ring (bicyclic) bond motifs is 1. The molecule has 2 unspecified atom stereocenters. The van der Waals surface area contributed by atoms with E-state index in [1.807, 2.05) is 11.3 Å². The zero-order chi connectivity index (χ0) is 14.8. The van der Waals surface area contributed by atoms with Gasteiger partial charge in [-0.15, -0.1) is 11.3 Å². The number of ether oxygens (including phenoxy) is 1. The summed E-state index contributed by atoms with van der Waals surface area (Å²) in [7, 11) is 0. The van der Waals surface area contributed by atoms with Crippen LogP contribution in [0.4, 0.5) is 0 Å². The van der Waals surface area contributed by atoms with Crippen molar-refractivity contribution < 1.29 is 4.74 Å². The van der Waals surface area contributed by atoms with E-state index < -0.39 is 0 Å². The summed E-state index contributed by atoms with van der Waals surface area (Å²) < 4.78 is 6.23. The minimum Gasteiger partial charge on any atom is -0.488 e. The molecule has 3 rings (SSSR count). The third-order valence-electron chi connectivity index (χ3n) is 4.07. The van der Waals surface area contributed by atoms with Crippen molar-refractivity contribution in [3.8, 4) is 5.75 Å². The van der Waals surface area contributed by atoms with Gasteiger partial charge in [0, 0.05) is 16.2 Å². The largest absolute Gasteiger partial charge is 0.488 e. The number of rotatable bonds is 5. The van der Waals surface area contributed by atoms with Gasteiger partial charge in [0.05, 0.1) is 6.04 Å². The zero-order valence-electron chi connectivity index (χ0n) is 13.0. The Kier molecular flexibility index (Phi) is 4.32. The van der Waals surface area contributed by atoms with Crippen LogP contribution in [0.25, 0.3) is 0 Å². The van der Waals surface area contributed by atoms with Crippen molar-refractivity contribution >= 4 is 11.3 Å². The van der Waals surface area contributed by atoms with Crippen LogP contribution in [0.1, 0.15) is 40.3 Å². The first-order chi connectivity index (χ1) is 10.2. The minimum absolute atomic E-state index is 0.196. The number of hydrogen-bond acceptors (Lipinski definition) is 3. The van der Waals surface area contributed by atoms with Crippen LogP contribution >= 0.6 is 11.3 Å². The van der Waals surface area contributed by atoms with Gasteiger partial charge >= 0.3 is 0 Å². The molecular weight excluding hydrogens is 278 g/mol. The molecule has 0 saturated heterocycles. The van der Waals surface area contributed by atoms with Gasteiger partial charge in [0.15, 0.2) is 0 Å². The molecule has 2 nitrogen and oxygen atoms in total. The molecule has 112 valence electrons. The second-order valence-corrected chi connectivity index (χ2v) is 7.23. The molecule has 2 aromatic rings. The lowest BCUT2D eigenvalue weighted by Gasteiger charge is -2.25. The van der Waals surface area contributed by atoms with Gasteiger partial charge in [0.1, 0.15) is 11.9 Å². The normalized spacial score (nSPS) is 18.3. The van der Waals surface area contributed by atoms with Crippen LogP contribution < -0.4 is 10.1 Å².